The maximum Gasteiger partial charge on any atom is 0.250 e. The third kappa shape index (κ3) is 2.54. The predicted molar refractivity (Wildman–Crippen MR) is 79.9 cm³/mol. The van der Waals surface area contributed by atoms with E-state index in [1.54, 1.807) is 25.3 Å². The molecule has 5 nitrogen and oxygen atoms in total. The van der Waals surface area contributed by atoms with E-state index in [4.69, 9.17) is 4.42 Å². The molecule has 1 aliphatic heterocycles. The van der Waals surface area contributed by atoms with Gasteiger partial charge in [0, 0.05) is 4.90 Å². The summed E-state index contributed by atoms with van der Waals surface area (Å²) in [5.41, 5.74) is 0.740. The molecule has 108 valence electrons. The summed E-state index contributed by atoms with van der Waals surface area (Å²) >= 11 is 1.26. The van der Waals surface area contributed by atoms with Crippen LogP contribution in [-0.4, -0.2) is 16.6 Å². The normalized spacial score (nSPS) is 20.5. The van der Waals surface area contributed by atoms with Gasteiger partial charge in [-0.25, -0.2) is 0 Å². The van der Waals surface area contributed by atoms with Gasteiger partial charge in [-0.05, 0) is 31.2 Å². The molecule has 2 aromatic rings. The molecule has 1 aromatic heterocycles. The highest BCUT2D eigenvalue weighted by atomic mass is 32.2. The molecule has 6 heteroatoms. The van der Waals surface area contributed by atoms with Crippen LogP contribution in [0.3, 0.4) is 0 Å². The van der Waals surface area contributed by atoms with Crippen molar-refractivity contribution in [2.24, 2.45) is 0 Å². The molecule has 0 fully saturated rings. The summed E-state index contributed by atoms with van der Waals surface area (Å²) in [7, 11) is 0. The first-order chi connectivity index (χ1) is 10.1. The van der Waals surface area contributed by atoms with E-state index in [9.17, 15) is 9.59 Å². The zero-order valence-electron chi connectivity index (χ0n) is 11.4. The smallest absolute Gasteiger partial charge is 0.250 e. The number of amides is 2. The fraction of sp³-hybridized carbons (Fsp3) is 0.200. The Morgan fingerprint density at radius 1 is 1.33 bits per heavy atom. The lowest BCUT2D eigenvalue weighted by atomic mass is 10.1. The van der Waals surface area contributed by atoms with Gasteiger partial charge in [-0.2, -0.15) is 0 Å². The number of carbonyl (C=O) groups excluding carboxylic acids is 2. The number of hydrogen-bond acceptors (Lipinski definition) is 4. The molecule has 3 rings (SSSR count). The van der Waals surface area contributed by atoms with Crippen molar-refractivity contribution >= 4 is 29.3 Å². The van der Waals surface area contributed by atoms with Crippen LogP contribution in [0.25, 0.3) is 0 Å². The van der Waals surface area contributed by atoms with Gasteiger partial charge in [-0.1, -0.05) is 23.9 Å². The van der Waals surface area contributed by atoms with Gasteiger partial charge in [-0.3, -0.25) is 9.59 Å². The minimum absolute atomic E-state index is 0.261. The lowest BCUT2D eigenvalue weighted by Crippen LogP contribution is -2.51. The quantitative estimate of drug-likeness (QED) is 0.854. The topological polar surface area (TPSA) is 71.3 Å². The van der Waals surface area contributed by atoms with E-state index in [0.29, 0.717) is 5.76 Å². The number of furan rings is 1. The summed E-state index contributed by atoms with van der Waals surface area (Å²) in [5.74, 6) is -0.00684. The minimum Gasteiger partial charge on any atom is -0.467 e. The molecule has 1 aliphatic rings. The number of hydrogen-bond donors (Lipinski definition) is 2. The van der Waals surface area contributed by atoms with Gasteiger partial charge in [0.15, 0.2) is 4.75 Å². The number of nitrogens with one attached hydrogen (secondary N) is 2. The third-order valence-electron chi connectivity index (χ3n) is 3.32. The molecule has 1 atom stereocenters. The molecule has 0 unspecified atom stereocenters. The van der Waals surface area contributed by atoms with Crippen molar-refractivity contribution in [3.63, 3.8) is 0 Å². The van der Waals surface area contributed by atoms with Crippen molar-refractivity contribution in [1.29, 1.82) is 0 Å². The summed E-state index contributed by atoms with van der Waals surface area (Å²) in [5, 5.41) is 5.52. The first-order valence-corrected chi connectivity index (χ1v) is 7.31. The van der Waals surface area contributed by atoms with Gasteiger partial charge in [0.05, 0.1) is 18.5 Å². The van der Waals surface area contributed by atoms with Gasteiger partial charge in [0.2, 0.25) is 11.8 Å². The lowest BCUT2D eigenvalue weighted by Gasteiger charge is -2.31. The molecule has 2 N–H and O–H groups in total. The Bertz CT molecular complexity index is 684. The van der Waals surface area contributed by atoms with Crippen molar-refractivity contribution in [2.75, 3.05) is 5.32 Å². The standard InChI is InChI=1S/C15H14N2O3S/c1-15(13(18)16-9-10-5-4-8-20-10)14(19)17-11-6-2-3-7-12(11)21-15/h2-8H,9H2,1H3,(H,16,18)(H,17,19)/t15-/m0/s1. The highest BCUT2D eigenvalue weighted by Gasteiger charge is 2.45. The van der Waals surface area contributed by atoms with Crippen LogP contribution in [0.2, 0.25) is 0 Å². The van der Waals surface area contributed by atoms with Gasteiger partial charge in [-0.15, -0.1) is 0 Å². The molecular formula is C15H14N2O3S. The Kier molecular flexibility index (Phi) is 3.47. The summed E-state index contributed by atoms with van der Waals surface area (Å²) in [6.07, 6.45) is 1.54. The van der Waals surface area contributed by atoms with Crippen molar-refractivity contribution in [3.8, 4) is 0 Å². The van der Waals surface area contributed by atoms with Crippen LogP contribution in [0, 0.1) is 0 Å². The Balaban J connectivity index is 1.77. The van der Waals surface area contributed by atoms with Crippen LogP contribution < -0.4 is 10.6 Å². The van der Waals surface area contributed by atoms with Crippen LogP contribution >= 0.6 is 11.8 Å². The molecule has 0 radical (unpaired) electrons. The Labute approximate surface area is 126 Å². The van der Waals surface area contributed by atoms with Crippen LogP contribution in [0.1, 0.15) is 12.7 Å². The largest absolute Gasteiger partial charge is 0.467 e. The second kappa shape index (κ2) is 5.29. The summed E-state index contributed by atoms with van der Waals surface area (Å²) < 4.78 is 3.97. The minimum atomic E-state index is -1.19. The molecule has 2 amide bonds. The van der Waals surface area contributed by atoms with E-state index < -0.39 is 4.75 Å². The molecule has 0 bridgehead atoms. The van der Waals surface area contributed by atoms with Gasteiger partial charge >= 0.3 is 0 Å². The monoisotopic (exact) mass is 302 g/mol. The number of thioether (sulfide) groups is 1. The highest BCUT2D eigenvalue weighted by molar-refractivity contribution is 8.02. The SMILES string of the molecule is C[C@@]1(C(=O)NCc2ccco2)Sc2ccccc2NC1=O. The first kappa shape index (κ1) is 13.8. The first-order valence-electron chi connectivity index (χ1n) is 6.50. The van der Waals surface area contributed by atoms with Crippen molar-refractivity contribution < 1.29 is 14.0 Å². The average Bonchev–Trinajstić information content (AvgIpc) is 2.99. The van der Waals surface area contributed by atoms with Crippen molar-refractivity contribution in [1.82, 2.24) is 5.32 Å². The second-order valence-electron chi connectivity index (χ2n) is 4.85. The maximum atomic E-state index is 12.4. The van der Waals surface area contributed by atoms with E-state index in [2.05, 4.69) is 10.6 Å². The van der Waals surface area contributed by atoms with Crippen LogP contribution in [0.5, 0.6) is 0 Å². The fourth-order valence-corrected chi connectivity index (χ4v) is 3.19. The molecule has 2 heterocycles. The number of carbonyl (C=O) groups is 2. The van der Waals surface area contributed by atoms with E-state index in [1.165, 1.54) is 11.8 Å². The maximum absolute atomic E-state index is 12.4. The van der Waals surface area contributed by atoms with Crippen molar-refractivity contribution in [3.05, 3.63) is 48.4 Å². The summed E-state index contributed by atoms with van der Waals surface area (Å²) in [4.78, 5) is 25.5. The van der Waals surface area contributed by atoms with E-state index in [-0.39, 0.29) is 18.4 Å². The lowest BCUT2D eigenvalue weighted by molar-refractivity contribution is -0.130. The number of rotatable bonds is 3. The molecule has 0 spiro atoms. The molecule has 1 aromatic carbocycles. The molecular weight excluding hydrogens is 288 g/mol. The van der Waals surface area contributed by atoms with Gasteiger partial charge in [0.1, 0.15) is 5.76 Å². The van der Waals surface area contributed by atoms with E-state index >= 15 is 0 Å². The predicted octanol–water partition coefficient (Wildman–Crippen LogP) is 2.40. The molecule has 0 saturated carbocycles. The van der Waals surface area contributed by atoms with Gasteiger partial charge < -0.3 is 15.1 Å². The zero-order valence-corrected chi connectivity index (χ0v) is 12.2. The Morgan fingerprint density at radius 2 is 2.14 bits per heavy atom. The average molecular weight is 302 g/mol. The third-order valence-corrected chi connectivity index (χ3v) is 4.67. The van der Waals surface area contributed by atoms with E-state index in [1.807, 2.05) is 24.3 Å². The number of fused-ring (bicyclic) bond motifs is 1. The highest BCUT2D eigenvalue weighted by Crippen LogP contribution is 2.42. The Morgan fingerprint density at radius 3 is 2.90 bits per heavy atom. The summed E-state index contributed by atoms with van der Waals surface area (Å²) in [6.45, 7) is 1.89. The molecule has 0 aliphatic carbocycles. The second-order valence-corrected chi connectivity index (χ2v) is 6.31. The number of para-hydroxylation sites is 1. The summed E-state index contributed by atoms with van der Waals surface area (Å²) in [6, 6.07) is 11.0. The van der Waals surface area contributed by atoms with Gasteiger partial charge in [0.25, 0.3) is 0 Å². The van der Waals surface area contributed by atoms with Crippen LogP contribution in [0.15, 0.2) is 52.0 Å². The zero-order chi connectivity index (χ0) is 14.9. The number of benzene rings is 1. The molecule has 21 heavy (non-hydrogen) atoms. The van der Waals surface area contributed by atoms with Crippen LogP contribution in [0.4, 0.5) is 5.69 Å². The number of anilines is 1. The fourth-order valence-electron chi connectivity index (χ4n) is 2.07. The molecule has 0 saturated heterocycles. The van der Waals surface area contributed by atoms with Crippen molar-refractivity contribution in [2.45, 2.75) is 23.1 Å². The Hall–Kier alpha value is -2.21. The van der Waals surface area contributed by atoms with Crippen LogP contribution in [-0.2, 0) is 16.1 Å². The van der Waals surface area contributed by atoms with E-state index in [0.717, 1.165) is 10.6 Å².